The van der Waals surface area contributed by atoms with Crippen LogP contribution in [0.4, 0.5) is 0 Å². The summed E-state index contributed by atoms with van der Waals surface area (Å²) in [5.74, 6) is 0.390. The van der Waals surface area contributed by atoms with Gasteiger partial charge < -0.3 is 0 Å². The fraction of sp³-hybridized carbons (Fsp3) is 0.200. The maximum atomic E-state index is 6.20. The minimum Gasteiger partial charge on any atom is -0.176 e. The third-order valence-electron chi connectivity index (χ3n) is 5.20. The summed E-state index contributed by atoms with van der Waals surface area (Å²) >= 11 is 7.41. The number of rotatable bonds is 1. The zero-order chi connectivity index (χ0) is 16.1. The molecule has 0 fully saturated rings. The minimum absolute atomic E-state index is 0.390. The van der Waals surface area contributed by atoms with E-state index in [4.69, 9.17) is 11.6 Å². The third-order valence-corrected chi connectivity index (χ3v) is 6.12. The lowest BCUT2D eigenvalue weighted by molar-refractivity contribution is 0.578. The van der Waals surface area contributed by atoms with E-state index in [0.717, 1.165) is 25.0 Å². The van der Waals surface area contributed by atoms with Crippen molar-refractivity contribution >= 4 is 44.9 Å². The summed E-state index contributed by atoms with van der Waals surface area (Å²) in [5.41, 5.74) is 3.90. The van der Waals surface area contributed by atoms with Gasteiger partial charge in [0.2, 0.25) is 0 Å². The fourth-order valence-electron chi connectivity index (χ4n) is 4.03. The summed E-state index contributed by atoms with van der Waals surface area (Å²) in [4.78, 5) is 0. The van der Waals surface area contributed by atoms with Gasteiger partial charge in [0.1, 0.15) is 0 Å². The van der Waals surface area contributed by atoms with Crippen molar-refractivity contribution in [2.24, 2.45) is 0 Å². The summed E-state index contributed by atoms with van der Waals surface area (Å²) < 4.78 is 8.54. The molecule has 1 atom stereocenters. The van der Waals surface area contributed by atoms with Crippen LogP contribution in [0, 0.1) is 0 Å². The molecule has 3 aromatic carbocycles. The van der Waals surface area contributed by atoms with E-state index in [0.29, 0.717) is 11.1 Å². The molecule has 0 N–H and O–H groups in total. The molecule has 0 aliphatic heterocycles. The van der Waals surface area contributed by atoms with E-state index < -0.39 is 0 Å². The Balaban J connectivity index is 1.65. The molecule has 118 valence electrons. The molecule has 1 unspecified atom stereocenters. The van der Waals surface area contributed by atoms with Gasteiger partial charge in [-0.3, -0.25) is 0 Å². The molecule has 0 saturated carbocycles. The van der Waals surface area contributed by atoms with Crippen molar-refractivity contribution < 1.29 is 0 Å². The van der Waals surface area contributed by atoms with Gasteiger partial charge in [-0.1, -0.05) is 60.1 Å². The van der Waals surface area contributed by atoms with Crippen molar-refractivity contribution in [3.8, 4) is 0 Å². The molecule has 5 rings (SSSR count). The van der Waals surface area contributed by atoms with E-state index in [2.05, 4.69) is 57.3 Å². The van der Waals surface area contributed by atoms with Crippen molar-refractivity contribution in [3.05, 3.63) is 70.5 Å². The number of aryl methyl sites for hydroxylation is 1. The molecule has 1 aliphatic rings. The van der Waals surface area contributed by atoms with Crippen LogP contribution in [0.3, 0.4) is 0 Å². The Morgan fingerprint density at radius 1 is 0.917 bits per heavy atom. The van der Waals surface area contributed by atoms with Crippen molar-refractivity contribution in [2.45, 2.75) is 25.2 Å². The number of hydrogen-bond acceptors (Lipinski definition) is 3. The molecule has 0 spiro atoms. The number of halogens is 1. The first-order chi connectivity index (χ1) is 11.8. The van der Waals surface area contributed by atoms with Crippen molar-refractivity contribution in [1.29, 1.82) is 0 Å². The second-order valence-corrected chi connectivity index (χ2v) is 7.35. The van der Waals surface area contributed by atoms with E-state index in [1.54, 1.807) is 0 Å². The highest BCUT2D eigenvalue weighted by atomic mass is 35.5. The van der Waals surface area contributed by atoms with Gasteiger partial charge in [-0.2, -0.15) is 8.75 Å². The summed E-state index contributed by atoms with van der Waals surface area (Å²) in [6.07, 6.45) is 3.16. The van der Waals surface area contributed by atoms with Gasteiger partial charge in [0, 0.05) is 5.92 Å². The van der Waals surface area contributed by atoms with E-state index >= 15 is 0 Å². The molecule has 4 aromatic rings. The van der Waals surface area contributed by atoms with E-state index in [9.17, 15) is 0 Å². The van der Waals surface area contributed by atoms with Crippen LogP contribution in [-0.2, 0) is 12.8 Å². The monoisotopic (exact) mass is 350 g/mol. The largest absolute Gasteiger partial charge is 0.176 e. The van der Waals surface area contributed by atoms with Gasteiger partial charge in [0.25, 0.3) is 0 Å². The molecule has 1 aliphatic carbocycles. The molecule has 24 heavy (non-hydrogen) atoms. The first kappa shape index (κ1) is 14.4. The minimum atomic E-state index is 0.390. The highest BCUT2D eigenvalue weighted by Gasteiger charge is 2.25. The Morgan fingerprint density at radius 3 is 2.67 bits per heavy atom. The highest BCUT2D eigenvalue weighted by Crippen LogP contribution is 2.39. The maximum absolute atomic E-state index is 6.20. The number of nitrogens with zero attached hydrogens (tertiary/aromatic N) is 2. The zero-order valence-corrected chi connectivity index (χ0v) is 14.6. The topological polar surface area (TPSA) is 25.8 Å². The van der Waals surface area contributed by atoms with Gasteiger partial charge >= 0.3 is 0 Å². The van der Waals surface area contributed by atoms with E-state index in [-0.39, 0.29) is 0 Å². The standard InChI is InChI=1S/C20H15ClN2S/c21-20-19(22-24-23-20)14-7-8-16-13(11-14)6-10-17-15-4-2-1-3-12(15)5-9-18(16)17/h1-6,9-10,14H,7-8,11H2. The van der Waals surface area contributed by atoms with Crippen molar-refractivity contribution in [2.75, 3.05) is 0 Å². The number of aromatic nitrogens is 2. The molecule has 4 heteroatoms. The Kier molecular flexibility index (Phi) is 3.32. The van der Waals surface area contributed by atoms with Crippen molar-refractivity contribution in [1.82, 2.24) is 8.75 Å². The molecular formula is C20H15ClN2S. The molecular weight excluding hydrogens is 336 g/mol. The first-order valence-corrected chi connectivity index (χ1v) is 9.32. The van der Waals surface area contributed by atoms with Gasteiger partial charge in [-0.25, -0.2) is 0 Å². The molecule has 0 amide bonds. The smallest absolute Gasteiger partial charge is 0.166 e. The Hall–Kier alpha value is -1.97. The predicted octanol–water partition coefficient (Wildman–Crippen LogP) is 5.77. The van der Waals surface area contributed by atoms with E-state index in [1.165, 1.54) is 44.4 Å². The van der Waals surface area contributed by atoms with Crippen LogP contribution in [0.2, 0.25) is 5.15 Å². The summed E-state index contributed by atoms with van der Waals surface area (Å²) in [7, 11) is 0. The summed E-state index contributed by atoms with van der Waals surface area (Å²) in [6.45, 7) is 0. The van der Waals surface area contributed by atoms with Crippen LogP contribution in [0.15, 0.2) is 48.5 Å². The SMILES string of the molecule is Clc1nsnc1C1CCc2c(ccc3c2ccc2ccccc23)C1. The van der Waals surface area contributed by atoms with Gasteiger partial charge in [0.05, 0.1) is 17.4 Å². The predicted molar refractivity (Wildman–Crippen MR) is 101 cm³/mol. The highest BCUT2D eigenvalue weighted by molar-refractivity contribution is 6.99. The summed E-state index contributed by atoms with van der Waals surface area (Å²) in [6, 6.07) is 17.7. The lowest BCUT2D eigenvalue weighted by Crippen LogP contribution is -2.13. The van der Waals surface area contributed by atoms with Gasteiger partial charge in [-0.15, -0.1) is 0 Å². The summed E-state index contributed by atoms with van der Waals surface area (Å²) in [5, 5.41) is 5.98. The maximum Gasteiger partial charge on any atom is 0.166 e. The molecule has 0 bridgehead atoms. The molecule has 2 nitrogen and oxygen atoms in total. The second-order valence-electron chi connectivity index (χ2n) is 6.47. The number of fused-ring (bicyclic) bond motifs is 5. The lowest BCUT2D eigenvalue weighted by atomic mass is 9.80. The van der Waals surface area contributed by atoms with Crippen LogP contribution in [-0.4, -0.2) is 8.75 Å². The molecule has 1 heterocycles. The van der Waals surface area contributed by atoms with E-state index in [1.807, 2.05) is 0 Å². The molecule has 1 aromatic heterocycles. The van der Waals surface area contributed by atoms with Crippen LogP contribution in [0.25, 0.3) is 21.5 Å². The Bertz CT molecular complexity index is 1070. The van der Waals surface area contributed by atoms with Crippen molar-refractivity contribution in [3.63, 3.8) is 0 Å². The fourth-order valence-corrected chi connectivity index (χ4v) is 4.90. The first-order valence-electron chi connectivity index (χ1n) is 8.21. The number of benzene rings is 3. The average molecular weight is 351 g/mol. The number of hydrogen-bond donors (Lipinski definition) is 0. The van der Waals surface area contributed by atoms with Crippen LogP contribution < -0.4 is 0 Å². The quantitative estimate of drug-likeness (QED) is 0.407. The second kappa shape index (κ2) is 5.54. The van der Waals surface area contributed by atoms with Gasteiger partial charge in [-0.05, 0) is 51.9 Å². The normalized spacial score (nSPS) is 17.3. The van der Waals surface area contributed by atoms with Crippen LogP contribution in [0.5, 0.6) is 0 Å². The lowest BCUT2D eigenvalue weighted by Gasteiger charge is -2.25. The average Bonchev–Trinajstić information content (AvgIpc) is 3.06. The van der Waals surface area contributed by atoms with Gasteiger partial charge in [0.15, 0.2) is 5.15 Å². The third kappa shape index (κ3) is 2.15. The van der Waals surface area contributed by atoms with Crippen LogP contribution >= 0.6 is 23.3 Å². The molecule has 0 radical (unpaired) electrons. The van der Waals surface area contributed by atoms with Crippen LogP contribution in [0.1, 0.15) is 29.2 Å². The zero-order valence-electron chi connectivity index (χ0n) is 13.0. The Labute approximate surface area is 149 Å². The Morgan fingerprint density at radius 2 is 1.79 bits per heavy atom. The molecule has 0 saturated heterocycles.